The molecule has 2 amide bonds. The van der Waals surface area contributed by atoms with Gasteiger partial charge in [0.2, 0.25) is 5.88 Å². The van der Waals surface area contributed by atoms with E-state index < -0.39 is 19.1 Å². The first-order chi connectivity index (χ1) is 12.0. The van der Waals surface area contributed by atoms with E-state index in [0.717, 1.165) is 5.56 Å². The molecule has 0 fully saturated rings. The summed E-state index contributed by atoms with van der Waals surface area (Å²) in [5, 5.41) is 11.5. The first-order valence-electron chi connectivity index (χ1n) is 7.36. The van der Waals surface area contributed by atoms with Crippen LogP contribution in [0.4, 0.5) is 19.3 Å². The third-order valence-corrected chi connectivity index (χ3v) is 3.18. The van der Waals surface area contributed by atoms with Crippen molar-refractivity contribution in [3.05, 3.63) is 53.7 Å². The van der Waals surface area contributed by atoms with Crippen molar-refractivity contribution in [1.29, 1.82) is 5.26 Å². The van der Waals surface area contributed by atoms with E-state index in [0.29, 0.717) is 5.56 Å². The summed E-state index contributed by atoms with van der Waals surface area (Å²) in [7, 11) is 1.57. The second kappa shape index (κ2) is 8.59. The molecule has 0 spiro atoms. The highest BCUT2D eigenvalue weighted by atomic mass is 19.3. The number of alkyl halides is 2. The molecule has 1 heterocycles. The maximum Gasteiger partial charge on any atom is 0.322 e. The Bertz CT molecular complexity index is 777. The van der Waals surface area contributed by atoms with Crippen LogP contribution in [0, 0.1) is 11.3 Å². The van der Waals surface area contributed by atoms with Crippen LogP contribution in [0.5, 0.6) is 5.88 Å². The number of nitrogens with zero attached hydrogens (tertiary/aromatic N) is 3. The Morgan fingerprint density at radius 1 is 1.40 bits per heavy atom. The number of hydrogen-bond donors (Lipinski definition) is 1. The molecule has 0 saturated carbocycles. The molecule has 0 radical (unpaired) electrons. The zero-order chi connectivity index (χ0) is 18.2. The van der Waals surface area contributed by atoms with Crippen molar-refractivity contribution in [2.45, 2.75) is 13.0 Å². The average molecular weight is 346 g/mol. The lowest BCUT2D eigenvalue weighted by molar-refractivity contribution is 0.0800. The number of pyridine rings is 1. The lowest BCUT2D eigenvalue weighted by Crippen LogP contribution is -2.31. The summed E-state index contributed by atoms with van der Waals surface area (Å²) in [6, 6.07) is 11.5. The number of rotatable bonds is 6. The van der Waals surface area contributed by atoms with Gasteiger partial charge in [0.15, 0.2) is 6.61 Å². The summed E-state index contributed by atoms with van der Waals surface area (Å²) in [5.41, 5.74) is 1.49. The fourth-order valence-electron chi connectivity index (χ4n) is 2.04. The lowest BCUT2D eigenvalue weighted by atomic mass is 10.1. The maximum atomic E-state index is 12.3. The summed E-state index contributed by atoms with van der Waals surface area (Å²) in [6.07, 6.45) is -1.26. The van der Waals surface area contributed by atoms with Crippen LogP contribution in [0.3, 0.4) is 0 Å². The number of hydrogen-bond acceptors (Lipinski definition) is 4. The molecule has 0 aliphatic heterocycles. The van der Waals surface area contributed by atoms with Crippen LogP contribution < -0.4 is 10.1 Å². The number of carbonyl (C=O) groups is 1. The number of nitriles is 1. The highest BCUT2D eigenvalue weighted by molar-refractivity contribution is 5.90. The van der Waals surface area contributed by atoms with Gasteiger partial charge in [-0.1, -0.05) is 12.1 Å². The number of nitrogens with one attached hydrogen (secondary N) is 1. The average Bonchev–Trinajstić information content (AvgIpc) is 2.61. The van der Waals surface area contributed by atoms with Gasteiger partial charge in [-0.15, -0.1) is 0 Å². The number of halogens is 2. The van der Waals surface area contributed by atoms with E-state index in [1.54, 1.807) is 37.4 Å². The summed E-state index contributed by atoms with van der Waals surface area (Å²) in [4.78, 5) is 17.5. The highest BCUT2D eigenvalue weighted by Gasteiger charge is 2.14. The Hall–Kier alpha value is -3.21. The van der Waals surface area contributed by atoms with E-state index in [4.69, 9.17) is 10.00 Å². The molecule has 0 aliphatic carbocycles. The molecule has 2 aromatic rings. The molecular formula is C17H16F2N4O2. The smallest absolute Gasteiger partial charge is 0.322 e. The standard InChI is InChI=1S/C17H16F2N4O2/c1-23(10-13-5-2-4-12(8-13)9-20)17(24)22-14-6-3-7-21-16(14)25-11-15(18)19/h2-8,15H,10-11H2,1H3,(H,22,24). The Labute approximate surface area is 143 Å². The maximum absolute atomic E-state index is 12.3. The third-order valence-electron chi connectivity index (χ3n) is 3.18. The number of carbonyl (C=O) groups excluding carboxylic acids is 1. The summed E-state index contributed by atoms with van der Waals surface area (Å²) >= 11 is 0. The van der Waals surface area contributed by atoms with E-state index in [1.165, 1.54) is 17.2 Å². The second-order valence-electron chi connectivity index (χ2n) is 5.16. The Morgan fingerprint density at radius 2 is 2.20 bits per heavy atom. The van der Waals surface area contributed by atoms with E-state index >= 15 is 0 Å². The minimum absolute atomic E-state index is 0.0731. The van der Waals surface area contributed by atoms with Crippen molar-refractivity contribution >= 4 is 11.7 Å². The van der Waals surface area contributed by atoms with Gasteiger partial charge in [-0.2, -0.15) is 5.26 Å². The van der Waals surface area contributed by atoms with Crippen molar-refractivity contribution in [3.8, 4) is 11.9 Å². The molecule has 8 heteroatoms. The fourth-order valence-corrected chi connectivity index (χ4v) is 2.04. The molecule has 0 aliphatic rings. The molecule has 25 heavy (non-hydrogen) atoms. The zero-order valence-electron chi connectivity index (χ0n) is 13.4. The number of ether oxygens (including phenoxy) is 1. The summed E-state index contributed by atoms with van der Waals surface area (Å²) in [5.74, 6) is -0.0731. The normalized spacial score (nSPS) is 10.2. The fraction of sp³-hybridized carbons (Fsp3) is 0.235. The molecule has 0 saturated heterocycles. The van der Waals surface area contributed by atoms with Gasteiger partial charge in [0, 0.05) is 19.8 Å². The minimum atomic E-state index is -2.64. The minimum Gasteiger partial charge on any atom is -0.470 e. The molecule has 1 aromatic heterocycles. The zero-order valence-corrected chi connectivity index (χ0v) is 13.4. The number of aromatic nitrogens is 1. The third kappa shape index (κ3) is 5.42. The Balaban J connectivity index is 2.02. The second-order valence-corrected chi connectivity index (χ2v) is 5.16. The van der Waals surface area contributed by atoms with E-state index in [9.17, 15) is 13.6 Å². The van der Waals surface area contributed by atoms with Crippen molar-refractivity contribution in [2.24, 2.45) is 0 Å². The largest absolute Gasteiger partial charge is 0.470 e. The number of urea groups is 1. The molecule has 1 aromatic carbocycles. The number of anilines is 1. The quantitative estimate of drug-likeness (QED) is 0.871. The molecule has 0 bridgehead atoms. The van der Waals surface area contributed by atoms with Gasteiger partial charge in [0.25, 0.3) is 6.43 Å². The van der Waals surface area contributed by atoms with E-state index in [1.807, 2.05) is 6.07 Å². The molecule has 6 nitrogen and oxygen atoms in total. The van der Waals surface area contributed by atoms with E-state index in [2.05, 4.69) is 10.3 Å². The molecule has 0 atom stereocenters. The number of benzene rings is 1. The lowest BCUT2D eigenvalue weighted by Gasteiger charge is -2.19. The van der Waals surface area contributed by atoms with Gasteiger partial charge in [-0.3, -0.25) is 0 Å². The van der Waals surface area contributed by atoms with Crippen LogP contribution in [0.1, 0.15) is 11.1 Å². The van der Waals surface area contributed by atoms with Crippen LogP contribution in [-0.2, 0) is 6.54 Å². The SMILES string of the molecule is CN(Cc1cccc(C#N)c1)C(=O)Nc1cccnc1OCC(F)F. The van der Waals surface area contributed by atoms with Gasteiger partial charge in [-0.05, 0) is 29.8 Å². The van der Waals surface area contributed by atoms with Gasteiger partial charge >= 0.3 is 6.03 Å². The van der Waals surface area contributed by atoms with Crippen molar-refractivity contribution < 1.29 is 18.3 Å². The summed E-state index contributed by atoms with van der Waals surface area (Å²) in [6.45, 7) is -0.536. The summed E-state index contributed by atoms with van der Waals surface area (Å²) < 4.78 is 29.4. The molecule has 130 valence electrons. The van der Waals surface area contributed by atoms with Crippen molar-refractivity contribution in [3.63, 3.8) is 0 Å². The highest BCUT2D eigenvalue weighted by Crippen LogP contribution is 2.21. The van der Waals surface area contributed by atoms with Gasteiger partial charge in [-0.25, -0.2) is 18.6 Å². The monoisotopic (exact) mass is 346 g/mol. The van der Waals surface area contributed by atoms with Gasteiger partial charge in [0.05, 0.1) is 11.6 Å². The Kier molecular flexibility index (Phi) is 6.23. The van der Waals surface area contributed by atoms with Crippen LogP contribution >= 0.6 is 0 Å². The molecule has 1 N–H and O–H groups in total. The first kappa shape index (κ1) is 18.1. The molecule has 2 rings (SSSR count). The van der Waals surface area contributed by atoms with Crippen LogP contribution in [0.15, 0.2) is 42.6 Å². The predicted molar refractivity (Wildman–Crippen MR) is 87.4 cm³/mol. The first-order valence-corrected chi connectivity index (χ1v) is 7.36. The van der Waals surface area contributed by atoms with E-state index in [-0.39, 0.29) is 18.1 Å². The van der Waals surface area contributed by atoms with Crippen molar-refractivity contribution in [1.82, 2.24) is 9.88 Å². The van der Waals surface area contributed by atoms with Crippen LogP contribution in [-0.4, -0.2) is 36.0 Å². The van der Waals surface area contributed by atoms with Gasteiger partial charge < -0.3 is 15.0 Å². The predicted octanol–water partition coefficient (Wildman–Crippen LogP) is 3.26. The topological polar surface area (TPSA) is 78.3 Å². The molecule has 0 unspecified atom stereocenters. The Morgan fingerprint density at radius 3 is 2.92 bits per heavy atom. The van der Waals surface area contributed by atoms with Gasteiger partial charge in [0.1, 0.15) is 5.69 Å². The van der Waals surface area contributed by atoms with Crippen LogP contribution in [0.25, 0.3) is 0 Å². The molecular weight excluding hydrogens is 330 g/mol. The van der Waals surface area contributed by atoms with Crippen molar-refractivity contribution in [2.75, 3.05) is 19.0 Å². The van der Waals surface area contributed by atoms with Crippen LogP contribution in [0.2, 0.25) is 0 Å². The number of amides is 2.